The van der Waals surface area contributed by atoms with Crippen LogP contribution in [0, 0.1) is 0 Å². The van der Waals surface area contributed by atoms with Crippen molar-refractivity contribution in [3.8, 4) is 5.75 Å². The lowest BCUT2D eigenvalue weighted by Gasteiger charge is -2.11. The predicted octanol–water partition coefficient (Wildman–Crippen LogP) is 3.51. The first kappa shape index (κ1) is 18.8. The second-order valence-electron chi connectivity index (χ2n) is 6.00. The normalized spacial score (nSPS) is 10.6. The summed E-state index contributed by atoms with van der Waals surface area (Å²) in [5.41, 5.74) is 2.65. The molecule has 27 heavy (non-hydrogen) atoms. The van der Waals surface area contributed by atoms with Crippen molar-refractivity contribution in [2.24, 2.45) is 0 Å². The molecule has 2 aromatic carbocycles. The zero-order valence-corrected chi connectivity index (χ0v) is 16.1. The van der Waals surface area contributed by atoms with E-state index in [1.807, 2.05) is 49.4 Å². The summed E-state index contributed by atoms with van der Waals surface area (Å²) in [4.78, 5) is 27.8. The Morgan fingerprint density at radius 1 is 1.19 bits per heavy atom. The number of benzene rings is 2. The van der Waals surface area contributed by atoms with Crippen LogP contribution in [0.2, 0.25) is 0 Å². The van der Waals surface area contributed by atoms with Crippen molar-refractivity contribution in [3.63, 3.8) is 0 Å². The number of thiazole rings is 1. The SMILES string of the molecule is CCOc1ccccc1CNC(=O)Cc1ccc2nc(NC(C)=O)sc2c1. The number of amides is 2. The standard InChI is InChI=1S/C20H21N3O3S/c1-3-26-17-7-5-4-6-15(17)12-21-19(25)11-14-8-9-16-18(10-14)27-20(23-16)22-13(2)24/h4-10H,3,11-12H2,1-2H3,(H,21,25)(H,22,23,24). The molecule has 0 spiro atoms. The Morgan fingerprint density at radius 3 is 2.78 bits per heavy atom. The van der Waals surface area contributed by atoms with E-state index < -0.39 is 0 Å². The minimum absolute atomic E-state index is 0.0627. The fourth-order valence-electron chi connectivity index (χ4n) is 2.67. The Kier molecular flexibility index (Phi) is 6.03. The van der Waals surface area contributed by atoms with Crippen LogP contribution in [0.25, 0.3) is 10.2 Å². The zero-order valence-electron chi connectivity index (χ0n) is 15.2. The van der Waals surface area contributed by atoms with Crippen molar-refractivity contribution in [3.05, 3.63) is 53.6 Å². The molecule has 3 aromatic rings. The average molecular weight is 383 g/mol. The molecule has 7 heteroatoms. The van der Waals surface area contributed by atoms with E-state index in [9.17, 15) is 9.59 Å². The van der Waals surface area contributed by atoms with E-state index in [-0.39, 0.29) is 18.2 Å². The van der Waals surface area contributed by atoms with Gasteiger partial charge >= 0.3 is 0 Å². The van der Waals surface area contributed by atoms with Gasteiger partial charge in [0.05, 0.1) is 23.2 Å². The number of carbonyl (C=O) groups excluding carboxylic acids is 2. The molecule has 0 saturated carbocycles. The summed E-state index contributed by atoms with van der Waals surface area (Å²) in [5, 5.41) is 6.18. The summed E-state index contributed by atoms with van der Waals surface area (Å²) in [5.74, 6) is 0.574. The van der Waals surface area contributed by atoms with E-state index in [0.717, 1.165) is 27.1 Å². The molecule has 1 heterocycles. The van der Waals surface area contributed by atoms with E-state index in [2.05, 4.69) is 15.6 Å². The maximum absolute atomic E-state index is 12.3. The molecule has 0 atom stereocenters. The lowest BCUT2D eigenvalue weighted by molar-refractivity contribution is -0.120. The molecule has 0 saturated heterocycles. The Labute approximate surface area is 161 Å². The van der Waals surface area contributed by atoms with Crippen molar-refractivity contribution >= 4 is 38.5 Å². The van der Waals surface area contributed by atoms with Gasteiger partial charge in [-0.1, -0.05) is 35.6 Å². The van der Waals surface area contributed by atoms with Crippen molar-refractivity contribution in [2.45, 2.75) is 26.8 Å². The van der Waals surface area contributed by atoms with Gasteiger partial charge in [0.15, 0.2) is 5.13 Å². The number of carbonyl (C=O) groups is 2. The first-order valence-corrected chi connectivity index (χ1v) is 9.51. The number of fused-ring (bicyclic) bond motifs is 1. The van der Waals surface area contributed by atoms with Gasteiger partial charge in [0.1, 0.15) is 5.75 Å². The minimum atomic E-state index is -0.152. The van der Waals surface area contributed by atoms with Gasteiger partial charge in [-0.15, -0.1) is 0 Å². The fraction of sp³-hybridized carbons (Fsp3) is 0.250. The summed E-state index contributed by atoms with van der Waals surface area (Å²) in [6, 6.07) is 13.4. The molecule has 0 fully saturated rings. The number of hydrogen-bond donors (Lipinski definition) is 2. The Balaban J connectivity index is 1.63. The van der Waals surface area contributed by atoms with Crippen molar-refractivity contribution in [2.75, 3.05) is 11.9 Å². The third kappa shape index (κ3) is 5.04. The molecule has 0 radical (unpaired) electrons. The Bertz CT molecular complexity index is 968. The highest BCUT2D eigenvalue weighted by atomic mass is 32.1. The van der Waals surface area contributed by atoms with Gasteiger partial charge in [-0.05, 0) is 30.7 Å². The smallest absolute Gasteiger partial charge is 0.224 e. The second-order valence-corrected chi connectivity index (χ2v) is 7.03. The number of anilines is 1. The molecule has 0 aliphatic heterocycles. The largest absolute Gasteiger partial charge is 0.494 e. The molecule has 0 aliphatic carbocycles. The highest BCUT2D eigenvalue weighted by Gasteiger charge is 2.09. The van der Waals surface area contributed by atoms with Gasteiger partial charge in [-0.25, -0.2) is 4.98 Å². The summed E-state index contributed by atoms with van der Waals surface area (Å²) >= 11 is 1.39. The van der Waals surface area contributed by atoms with Gasteiger partial charge in [0.2, 0.25) is 11.8 Å². The van der Waals surface area contributed by atoms with E-state index in [1.165, 1.54) is 18.3 Å². The van der Waals surface area contributed by atoms with Crippen LogP contribution in [0.15, 0.2) is 42.5 Å². The van der Waals surface area contributed by atoms with Gasteiger partial charge in [0.25, 0.3) is 0 Å². The van der Waals surface area contributed by atoms with Crippen LogP contribution in [0.4, 0.5) is 5.13 Å². The topological polar surface area (TPSA) is 80.3 Å². The van der Waals surface area contributed by atoms with Gasteiger partial charge in [-0.2, -0.15) is 0 Å². The van der Waals surface area contributed by atoms with Crippen molar-refractivity contribution in [1.82, 2.24) is 10.3 Å². The number of rotatable bonds is 7. The molecule has 0 aliphatic rings. The van der Waals surface area contributed by atoms with Gasteiger partial charge in [-0.3, -0.25) is 9.59 Å². The van der Waals surface area contributed by atoms with Crippen molar-refractivity contribution in [1.29, 1.82) is 0 Å². The number of hydrogen-bond acceptors (Lipinski definition) is 5. The molecule has 1 aromatic heterocycles. The number of aromatic nitrogens is 1. The number of nitrogens with one attached hydrogen (secondary N) is 2. The quantitative estimate of drug-likeness (QED) is 0.654. The molecular weight excluding hydrogens is 362 g/mol. The van der Waals surface area contributed by atoms with E-state index in [0.29, 0.717) is 18.3 Å². The Morgan fingerprint density at radius 2 is 2.00 bits per heavy atom. The van der Waals surface area contributed by atoms with Crippen LogP contribution >= 0.6 is 11.3 Å². The fourth-order valence-corrected chi connectivity index (χ4v) is 3.65. The Hall–Kier alpha value is -2.93. The van der Waals surface area contributed by atoms with Crippen molar-refractivity contribution < 1.29 is 14.3 Å². The van der Waals surface area contributed by atoms with E-state index in [1.54, 1.807) is 0 Å². The predicted molar refractivity (Wildman–Crippen MR) is 107 cm³/mol. The second kappa shape index (κ2) is 8.64. The molecule has 3 rings (SSSR count). The maximum Gasteiger partial charge on any atom is 0.224 e. The highest BCUT2D eigenvalue weighted by molar-refractivity contribution is 7.22. The monoisotopic (exact) mass is 383 g/mol. The minimum Gasteiger partial charge on any atom is -0.494 e. The average Bonchev–Trinajstić information content (AvgIpc) is 3.02. The van der Waals surface area contributed by atoms with Crippen LogP contribution in [0.3, 0.4) is 0 Å². The summed E-state index contributed by atoms with van der Waals surface area (Å²) < 4.78 is 6.51. The van der Waals surface area contributed by atoms with E-state index in [4.69, 9.17) is 4.74 Å². The summed E-state index contributed by atoms with van der Waals surface area (Å²) in [6.07, 6.45) is 0.278. The lowest BCUT2D eigenvalue weighted by Crippen LogP contribution is -2.24. The van der Waals surface area contributed by atoms with Gasteiger partial charge in [0, 0.05) is 19.0 Å². The van der Waals surface area contributed by atoms with Crippen LogP contribution in [0.5, 0.6) is 5.75 Å². The molecule has 0 unspecified atom stereocenters. The molecule has 6 nitrogen and oxygen atoms in total. The first-order valence-electron chi connectivity index (χ1n) is 8.69. The molecule has 0 bridgehead atoms. The summed E-state index contributed by atoms with van der Waals surface area (Å²) in [7, 11) is 0. The molecule has 140 valence electrons. The number of ether oxygens (including phenoxy) is 1. The lowest BCUT2D eigenvalue weighted by atomic mass is 10.1. The maximum atomic E-state index is 12.3. The molecular formula is C20H21N3O3S. The van der Waals surface area contributed by atoms with Gasteiger partial charge < -0.3 is 15.4 Å². The number of para-hydroxylation sites is 1. The first-order chi connectivity index (χ1) is 13.0. The number of nitrogens with zero attached hydrogens (tertiary/aromatic N) is 1. The molecule has 2 amide bonds. The van der Waals surface area contributed by atoms with Crippen LogP contribution < -0.4 is 15.4 Å². The highest BCUT2D eigenvalue weighted by Crippen LogP contribution is 2.27. The molecule has 2 N–H and O–H groups in total. The van der Waals surface area contributed by atoms with Crippen LogP contribution in [-0.4, -0.2) is 23.4 Å². The van der Waals surface area contributed by atoms with Crippen LogP contribution in [-0.2, 0) is 22.6 Å². The third-order valence-electron chi connectivity index (χ3n) is 3.85. The van der Waals surface area contributed by atoms with Crippen LogP contribution in [0.1, 0.15) is 25.0 Å². The third-order valence-corrected chi connectivity index (χ3v) is 4.78. The zero-order chi connectivity index (χ0) is 19.2. The summed E-state index contributed by atoms with van der Waals surface area (Å²) in [6.45, 7) is 4.39. The van der Waals surface area contributed by atoms with E-state index >= 15 is 0 Å².